The number of halogens is 1. The molecule has 0 saturated carbocycles. The summed E-state index contributed by atoms with van der Waals surface area (Å²) in [5.74, 6) is -1.97. The van der Waals surface area contributed by atoms with Gasteiger partial charge in [0.05, 0.1) is 22.1 Å². The van der Waals surface area contributed by atoms with E-state index in [1.165, 1.54) is 12.1 Å². The maximum atomic E-state index is 14.6. The number of para-hydroxylation sites is 1. The average molecular weight is 928 g/mol. The van der Waals surface area contributed by atoms with Gasteiger partial charge in [0.25, 0.3) is 11.8 Å². The number of amides is 3. The van der Waals surface area contributed by atoms with Crippen LogP contribution in [0.1, 0.15) is 35.0 Å². The van der Waals surface area contributed by atoms with Crippen LogP contribution < -0.4 is 41.1 Å². The second kappa shape index (κ2) is 20.7. The highest BCUT2D eigenvalue weighted by Crippen LogP contribution is 2.30. The SMILES string of the molecule is CCN(CCN(CCN(C)c1ccc(NC(=O)c2cc(=O)c3cccc(N4CCN(C)CC4)c3o2)cc1)C(C)=O)c1ccc(NC(=O)c2cc(=O)c3cc(F)cc(N4CCN(C)CC4)c3o2)cc1. The molecule has 8 rings (SSSR count). The maximum Gasteiger partial charge on any atom is 0.291 e. The first-order chi connectivity index (χ1) is 32.7. The van der Waals surface area contributed by atoms with Crippen LogP contribution in [-0.2, 0) is 4.79 Å². The Balaban J connectivity index is 0.844. The lowest BCUT2D eigenvalue weighted by Crippen LogP contribution is -2.44. The molecule has 4 heterocycles. The minimum Gasteiger partial charge on any atom is -0.448 e. The van der Waals surface area contributed by atoms with Gasteiger partial charge in [-0.1, -0.05) is 6.07 Å². The van der Waals surface area contributed by atoms with Gasteiger partial charge in [0.1, 0.15) is 5.82 Å². The van der Waals surface area contributed by atoms with E-state index in [1.807, 2.05) is 67.2 Å². The van der Waals surface area contributed by atoms with E-state index >= 15 is 0 Å². The number of hydrogen-bond donors (Lipinski definition) is 2. The quantitative estimate of drug-likeness (QED) is 0.126. The number of likely N-dealkylation sites (N-methyl/N-ethyl adjacent to an activating group) is 4. The zero-order chi connectivity index (χ0) is 48.1. The fourth-order valence-electron chi connectivity index (χ4n) is 8.65. The van der Waals surface area contributed by atoms with Crippen molar-refractivity contribution < 1.29 is 27.6 Å². The molecular formula is C51H58FN9O7. The van der Waals surface area contributed by atoms with Crippen LogP contribution in [0, 0.1) is 5.82 Å². The van der Waals surface area contributed by atoms with Crippen LogP contribution in [0.25, 0.3) is 21.9 Å². The molecule has 0 spiro atoms. The third-order valence-corrected chi connectivity index (χ3v) is 12.9. The van der Waals surface area contributed by atoms with E-state index in [0.717, 1.165) is 68.5 Å². The lowest BCUT2D eigenvalue weighted by molar-refractivity contribution is -0.128. The van der Waals surface area contributed by atoms with Gasteiger partial charge in [-0.05, 0) is 87.7 Å². The number of carbonyl (C=O) groups is 3. The predicted octanol–water partition coefficient (Wildman–Crippen LogP) is 5.86. The molecule has 0 aliphatic carbocycles. The van der Waals surface area contributed by atoms with Crippen molar-refractivity contribution >= 4 is 73.8 Å². The van der Waals surface area contributed by atoms with Gasteiger partial charge in [-0.15, -0.1) is 0 Å². The van der Waals surface area contributed by atoms with Gasteiger partial charge in [0, 0.05) is 140 Å². The van der Waals surface area contributed by atoms with E-state index in [0.29, 0.717) is 73.8 Å². The van der Waals surface area contributed by atoms with Crippen LogP contribution >= 0.6 is 0 Å². The molecule has 2 aliphatic heterocycles. The van der Waals surface area contributed by atoms with Crippen molar-refractivity contribution in [3.63, 3.8) is 0 Å². The Morgan fingerprint density at radius 1 is 0.618 bits per heavy atom. The fraction of sp³-hybridized carbons (Fsp3) is 0.353. The summed E-state index contributed by atoms with van der Waals surface area (Å²) < 4.78 is 26.8. The Labute approximate surface area is 394 Å². The first-order valence-corrected chi connectivity index (χ1v) is 23.0. The Morgan fingerprint density at radius 3 is 1.66 bits per heavy atom. The second-order valence-electron chi connectivity index (χ2n) is 17.5. The van der Waals surface area contributed by atoms with Gasteiger partial charge >= 0.3 is 0 Å². The van der Waals surface area contributed by atoms with Crippen molar-refractivity contribution in [3.05, 3.63) is 129 Å². The zero-order valence-electron chi connectivity index (χ0n) is 39.2. The summed E-state index contributed by atoms with van der Waals surface area (Å²) in [7, 11) is 6.02. The molecule has 0 radical (unpaired) electrons. The highest BCUT2D eigenvalue weighted by atomic mass is 19.1. The molecule has 17 heteroatoms. The zero-order valence-corrected chi connectivity index (χ0v) is 39.2. The molecule has 0 atom stereocenters. The Bertz CT molecular complexity index is 2910. The largest absolute Gasteiger partial charge is 0.448 e. The fourth-order valence-corrected chi connectivity index (χ4v) is 8.65. The summed E-state index contributed by atoms with van der Waals surface area (Å²) in [6.45, 7) is 12.4. The van der Waals surface area contributed by atoms with Crippen LogP contribution in [0.15, 0.2) is 109 Å². The molecule has 2 aromatic heterocycles. The summed E-state index contributed by atoms with van der Waals surface area (Å²) in [6.07, 6.45) is 0. The Morgan fingerprint density at radius 2 is 1.12 bits per heavy atom. The number of piperazine rings is 2. The third kappa shape index (κ3) is 10.8. The van der Waals surface area contributed by atoms with E-state index in [-0.39, 0.29) is 33.8 Å². The summed E-state index contributed by atoms with van der Waals surface area (Å²) >= 11 is 0. The molecule has 4 aromatic carbocycles. The van der Waals surface area contributed by atoms with Crippen LogP contribution in [0.2, 0.25) is 0 Å². The minimum absolute atomic E-state index is 0.0531. The molecule has 2 N–H and O–H groups in total. The molecule has 2 aliphatic rings. The molecular weight excluding hydrogens is 870 g/mol. The summed E-state index contributed by atoms with van der Waals surface area (Å²) in [5.41, 5.74) is 3.85. The Hall–Kier alpha value is -7.24. The molecule has 3 amide bonds. The first-order valence-electron chi connectivity index (χ1n) is 23.0. The number of carbonyl (C=O) groups excluding carboxylic acids is 3. The van der Waals surface area contributed by atoms with Crippen LogP contribution in [-0.4, -0.2) is 139 Å². The minimum atomic E-state index is -0.606. The molecule has 0 bridgehead atoms. The van der Waals surface area contributed by atoms with Gasteiger partial charge in [0.15, 0.2) is 33.5 Å². The number of fused-ring (bicyclic) bond motifs is 2. The van der Waals surface area contributed by atoms with Crippen molar-refractivity contribution in [3.8, 4) is 0 Å². The number of rotatable bonds is 15. The molecule has 16 nitrogen and oxygen atoms in total. The number of hydrogen-bond acceptors (Lipinski definition) is 13. The number of nitrogens with one attached hydrogen (secondary N) is 2. The average Bonchev–Trinajstić information content (AvgIpc) is 3.33. The maximum absolute atomic E-state index is 14.6. The molecule has 356 valence electrons. The summed E-state index contributed by atoms with van der Waals surface area (Å²) in [5, 5.41) is 6.19. The summed E-state index contributed by atoms with van der Waals surface area (Å²) in [6, 6.07) is 24.9. The lowest BCUT2D eigenvalue weighted by Gasteiger charge is -2.34. The van der Waals surface area contributed by atoms with Crippen LogP contribution in [0.5, 0.6) is 0 Å². The van der Waals surface area contributed by atoms with Crippen LogP contribution in [0.3, 0.4) is 0 Å². The smallest absolute Gasteiger partial charge is 0.291 e. The van der Waals surface area contributed by atoms with Crippen molar-refractivity contribution in [1.82, 2.24) is 14.7 Å². The van der Waals surface area contributed by atoms with Gasteiger partial charge in [-0.3, -0.25) is 24.0 Å². The summed E-state index contributed by atoms with van der Waals surface area (Å²) in [4.78, 5) is 80.3. The molecule has 68 heavy (non-hydrogen) atoms. The van der Waals surface area contributed by atoms with E-state index in [2.05, 4.69) is 37.3 Å². The highest BCUT2D eigenvalue weighted by Gasteiger charge is 2.24. The third-order valence-electron chi connectivity index (χ3n) is 12.9. The number of nitrogens with zero attached hydrogens (tertiary/aromatic N) is 7. The number of anilines is 6. The predicted molar refractivity (Wildman–Crippen MR) is 267 cm³/mol. The standard InChI is InChI=1S/C51H58FN9O7/c1-6-58(39-16-12-37(13-17-39)54-51(66)47-33-45(64)41-30-35(52)31-43(49(41)68-47)61-25-20-56(4)21-26-61)28-29-59(34(2)62)27-22-57(5)38-14-10-36(11-15-38)53-50(65)46-32-44(63)40-8-7-9-42(48(40)67-46)60-23-18-55(3)19-24-60/h7-17,30-33H,6,18-29H2,1-5H3,(H,53,65)(H,54,66). The van der Waals surface area contributed by atoms with E-state index in [4.69, 9.17) is 8.83 Å². The van der Waals surface area contributed by atoms with E-state index < -0.39 is 23.1 Å². The molecule has 2 fully saturated rings. The lowest BCUT2D eigenvalue weighted by atomic mass is 10.1. The molecule has 2 saturated heterocycles. The van der Waals surface area contributed by atoms with Gasteiger partial charge < -0.3 is 53.8 Å². The van der Waals surface area contributed by atoms with Crippen molar-refractivity contribution in [2.75, 3.05) is 136 Å². The first kappa shape index (κ1) is 47.3. The number of benzene rings is 4. The van der Waals surface area contributed by atoms with E-state index in [1.54, 1.807) is 42.2 Å². The normalized spacial score (nSPS) is 14.6. The van der Waals surface area contributed by atoms with Gasteiger partial charge in [-0.25, -0.2) is 4.39 Å². The van der Waals surface area contributed by atoms with Crippen LogP contribution in [0.4, 0.5) is 38.5 Å². The van der Waals surface area contributed by atoms with Gasteiger partial charge in [-0.2, -0.15) is 0 Å². The topological polar surface area (TPSA) is 158 Å². The van der Waals surface area contributed by atoms with Crippen molar-refractivity contribution in [2.45, 2.75) is 13.8 Å². The molecule has 6 aromatic rings. The molecule has 0 unspecified atom stereocenters. The highest BCUT2D eigenvalue weighted by molar-refractivity contribution is 6.04. The van der Waals surface area contributed by atoms with E-state index in [9.17, 15) is 28.4 Å². The van der Waals surface area contributed by atoms with Crippen molar-refractivity contribution in [1.29, 1.82) is 0 Å². The monoisotopic (exact) mass is 927 g/mol. The second-order valence-corrected chi connectivity index (χ2v) is 17.5. The Kier molecular flexibility index (Phi) is 14.4. The van der Waals surface area contributed by atoms with Gasteiger partial charge in [0.2, 0.25) is 5.91 Å². The van der Waals surface area contributed by atoms with Crippen molar-refractivity contribution in [2.24, 2.45) is 0 Å².